The minimum Gasteiger partial charge on any atom is -0.380 e. The highest BCUT2D eigenvalue weighted by Gasteiger charge is 2.26. The first-order valence-electron chi connectivity index (χ1n) is 5.55. The third-order valence-electron chi connectivity index (χ3n) is 2.75. The lowest BCUT2D eigenvalue weighted by Gasteiger charge is -2.28. The second kappa shape index (κ2) is 5.44. The Bertz CT molecular complexity index is 209. The fraction of sp³-hybridized carbons (Fsp3) is 0.900. The van der Waals surface area contributed by atoms with Gasteiger partial charge in [-0.25, -0.2) is 0 Å². The number of hydrogen-bond donors (Lipinski definition) is 1. The molecule has 2 aliphatic heterocycles. The van der Waals surface area contributed by atoms with Crippen molar-refractivity contribution in [1.29, 1.82) is 0 Å². The molecule has 5 heteroatoms. The summed E-state index contributed by atoms with van der Waals surface area (Å²) in [6, 6.07) is -0.156. The maximum absolute atomic E-state index is 12.0. The highest BCUT2D eigenvalue weighted by Crippen LogP contribution is 2.04. The monoisotopic (exact) mass is 214 g/mol. The van der Waals surface area contributed by atoms with E-state index < -0.39 is 0 Å². The van der Waals surface area contributed by atoms with Gasteiger partial charge in [-0.2, -0.15) is 0 Å². The Morgan fingerprint density at radius 1 is 1.20 bits per heavy atom. The van der Waals surface area contributed by atoms with E-state index >= 15 is 0 Å². The van der Waals surface area contributed by atoms with Crippen LogP contribution in [-0.4, -0.2) is 62.9 Å². The van der Waals surface area contributed by atoms with Crippen LogP contribution in [-0.2, 0) is 14.3 Å². The van der Waals surface area contributed by atoms with Gasteiger partial charge >= 0.3 is 0 Å². The molecule has 0 aliphatic carbocycles. The molecule has 2 aliphatic rings. The summed E-state index contributed by atoms with van der Waals surface area (Å²) >= 11 is 0. The van der Waals surface area contributed by atoms with E-state index in [4.69, 9.17) is 9.47 Å². The van der Waals surface area contributed by atoms with E-state index in [0.717, 1.165) is 26.1 Å². The van der Waals surface area contributed by atoms with Gasteiger partial charge in [0.15, 0.2) is 0 Å². The fourth-order valence-electron chi connectivity index (χ4n) is 1.91. The normalized spacial score (nSPS) is 28.5. The van der Waals surface area contributed by atoms with Crippen molar-refractivity contribution in [2.75, 3.05) is 46.1 Å². The fourth-order valence-corrected chi connectivity index (χ4v) is 1.91. The number of carbonyl (C=O) groups is 1. The molecule has 2 fully saturated rings. The molecule has 5 nitrogen and oxygen atoms in total. The minimum absolute atomic E-state index is 0.153. The third-order valence-corrected chi connectivity index (χ3v) is 2.75. The van der Waals surface area contributed by atoms with Crippen molar-refractivity contribution in [3.05, 3.63) is 0 Å². The van der Waals surface area contributed by atoms with Gasteiger partial charge in [-0.15, -0.1) is 0 Å². The summed E-state index contributed by atoms with van der Waals surface area (Å²) in [5.74, 6) is 0.153. The van der Waals surface area contributed by atoms with E-state index in [1.807, 2.05) is 4.90 Å². The Hall–Kier alpha value is -0.650. The standard InChI is InChI=1S/C10H18N2O3/c13-10(9-8-15-6-2-11-9)12-3-1-5-14-7-4-12/h9,11H,1-8H2. The highest BCUT2D eigenvalue weighted by atomic mass is 16.5. The van der Waals surface area contributed by atoms with Crippen LogP contribution in [0.5, 0.6) is 0 Å². The van der Waals surface area contributed by atoms with Gasteiger partial charge in [0.05, 0.1) is 19.8 Å². The number of amides is 1. The maximum Gasteiger partial charge on any atom is 0.242 e. The SMILES string of the molecule is O=C(C1COCCN1)N1CCCOCC1. The van der Waals surface area contributed by atoms with Crippen LogP contribution in [0.2, 0.25) is 0 Å². The number of nitrogens with one attached hydrogen (secondary N) is 1. The average molecular weight is 214 g/mol. The summed E-state index contributed by atoms with van der Waals surface area (Å²) in [5.41, 5.74) is 0. The van der Waals surface area contributed by atoms with Crippen molar-refractivity contribution in [3.63, 3.8) is 0 Å². The van der Waals surface area contributed by atoms with Crippen LogP contribution in [0.25, 0.3) is 0 Å². The molecular formula is C10H18N2O3. The van der Waals surface area contributed by atoms with E-state index in [1.54, 1.807) is 0 Å². The number of hydrogen-bond acceptors (Lipinski definition) is 4. The zero-order valence-corrected chi connectivity index (χ0v) is 8.91. The van der Waals surface area contributed by atoms with Gasteiger partial charge < -0.3 is 19.7 Å². The molecule has 2 rings (SSSR count). The molecule has 0 aromatic rings. The number of morpholine rings is 1. The van der Waals surface area contributed by atoms with E-state index in [1.165, 1.54) is 0 Å². The molecule has 2 saturated heterocycles. The average Bonchev–Trinajstić information content (AvgIpc) is 2.58. The molecule has 0 spiro atoms. The molecule has 86 valence electrons. The van der Waals surface area contributed by atoms with Gasteiger partial charge in [0.1, 0.15) is 6.04 Å². The van der Waals surface area contributed by atoms with Crippen LogP contribution in [0, 0.1) is 0 Å². The van der Waals surface area contributed by atoms with Gasteiger partial charge in [0, 0.05) is 26.2 Å². The number of rotatable bonds is 1. The van der Waals surface area contributed by atoms with Crippen molar-refractivity contribution < 1.29 is 14.3 Å². The molecule has 0 saturated carbocycles. The van der Waals surface area contributed by atoms with Crippen molar-refractivity contribution >= 4 is 5.91 Å². The Labute approximate surface area is 89.7 Å². The molecule has 15 heavy (non-hydrogen) atoms. The van der Waals surface area contributed by atoms with Crippen LogP contribution in [0.4, 0.5) is 0 Å². The van der Waals surface area contributed by atoms with Crippen LogP contribution < -0.4 is 5.32 Å². The van der Waals surface area contributed by atoms with E-state index in [-0.39, 0.29) is 11.9 Å². The molecular weight excluding hydrogens is 196 g/mol. The first-order chi connectivity index (χ1) is 7.38. The van der Waals surface area contributed by atoms with E-state index in [0.29, 0.717) is 26.4 Å². The molecule has 1 N–H and O–H groups in total. The zero-order chi connectivity index (χ0) is 10.5. The van der Waals surface area contributed by atoms with Gasteiger partial charge in [-0.1, -0.05) is 0 Å². The van der Waals surface area contributed by atoms with Crippen LogP contribution >= 0.6 is 0 Å². The predicted octanol–water partition coefficient (Wildman–Crippen LogP) is -0.776. The predicted molar refractivity (Wildman–Crippen MR) is 54.6 cm³/mol. The Balaban J connectivity index is 1.87. The summed E-state index contributed by atoms with van der Waals surface area (Å²) in [6.07, 6.45) is 0.930. The van der Waals surface area contributed by atoms with Gasteiger partial charge in [-0.3, -0.25) is 4.79 Å². The molecule has 1 atom stereocenters. The van der Waals surface area contributed by atoms with Crippen molar-refractivity contribution in [2.45, 2.75) is 12.5 Å². The zero-order valence-electron chi connectivity index (χ0n) is 8.91. The van der Waals surface area contributed by atoms with Crippen molar-refractivity contribution in [1.82, 2.24) is 10.2 Å². The van der Waals surface area contributed by atoms with Crippen LogP contribution in [0.3, 0.4) is 0 Å². The van der Waals surface area contributed by atoms with Crippen LogP contribution in [0.1, 0.15) is 6.42 Å². The van der Waals surface area contributed by atoms with Crippen LogP contribution in [0.15, 0.2) is 0 Å². The summed E-state index contributed by atoms with van der Waals surface area (Å²) in [5, 5.41) is 3.18. The molecule has 0 aromatic carbocycles. The van der Waals surface area contributed by atoms with Gasteiger partial charge in [0.25, 0.3) is 0 Å². The lowest BCUT2D eigenvalue weighted by Crippen LogP contribution is -2.53. The van der Waals surface area contributed by atoms with E-state index in [2.05, 4.69) is 5.32 Å². The van der Waals surface area contributed by atoms with E-state index in [9.17, 15) is 4.79 Å². The first kappa shape index (κ1) is 10.9. The quantitative estimate of drug-likeness (QED) is 0.622. The summed E-state index contributed by atoms with van der Waals surface area (Å²) in [6.45, 7) is 4.88. The lowest BCUT2D eigenvalue weighted by molar-refractivity contribution is -0.136. The molecule has 2 heterocycles. The third kappa shape index (κ3) is 2.90. The van der Waals surface area contributed by atoms with Gasteiger partial charge in [0.2, 0.25) is 5.91 Å². The van der Waals surface area contributed by atoms with Crippen molar-refractivity contribution in [3.8, 4) is 0 Å². The number of ether oxygens (including phenoxy) is 2. The number of carbonyl (C=O) groups excluding carboxylic acids is 1. The molecule has 0 radical (unpaired) electrons. The molecule has 1 unspecified atom stereocenters. The Morgan fingerprint density at radius 3 is 2.93 bits per heavy atom. The Morgan fingerprint density at radius 2 is 2.13 bits per heavy atom. The molecule has 0 aromatic heterocycles. The maximum atomic E-state index is 12.0. The first-order valence-corrected chi connectivity index (χ1v) is 5.55. The Kier molecular flexibility index (Phi) is 3.94. The second-order valence-electron chi connectivity index (χ2n) is 3.87. The smallest absolute Gasteiger partial charge is 0.242 e. The highest BCUT2D eigenvalue weighted by molar-refractivity contribution is 5.82. The summed E-state index contributed by atoms with van der Waals surface area (Å²) in [4.78, 5) is 13.9. The van der Waals surface area contributed by atoms with Crippen molar-refractivity contribution in [2.24, 2.45) is 0 Å². The van der Waals surface area contributed by atoms with Gasteiger partial charge in [-0.05, 0) is 6.42 Å². The number of nitrogens with zero attached hydrogens (tertiary/aromatic N) is 1. The minimum atomic E-state index is -0.156. The molecule has 0 bridgehead atoms. The lowest BCUT2D eigenvalue weighted by atomic mass is 10.2. The summed E-state index contributed by atoms with van der Waals surface area (Å²) < 4.78 is 10.6. The topological polar surface area (TPSA) is 50.8 Å². The molecule has 1 amide bonds. The summed E-state index contributed by atoms with van der Waals surface area (Å²) in [7, 11) is 0. The second-order valence-corrected chi connectivity index (χ2v) is 3.87. The largest absolute Gasteiger partial charge is 0.380 e.